The van der Waals surface area contributed by atoms with Gasteiger partial charge >= 0.3 is 11.7 Å². The second kappa shape index (κ2) is 17.0. The molecule has 2 aromatic carbocycles. The van der Waals surface area contributed by atoms with Gasteiger partial charge in [0.15, 0.2) is 0 Å². The number of aliphatic hydroxyl groups is 2. The van der Waals surface area contributed by atoms with Crippen molar-refractivity contribution < 1.29 is 53.9 Å². The molecule has 0 spiro atoms. The molecule has 26 heteroatoms. The molecule has 4 rings (SSSR count). The van der Waals surface area contributed by atoms with E-state index in [1.54, 1.807) is 0 Å². The van der Waals surface area contributed by atoms with Crippen LogP contribution >= 0.6 is 0 Å². The summed E-state index contributed by atoms with van der Waals surface area (Å²) in [7, 11) is -12.9. The molecule has 0 aliphatic heterocycles. The highest BCUT2D eigenvalue weighted by Gasteiger charge is 2.19. The van der Waals surface area contributed by atoms with Gasteiger partial charge in [-0.05, 0) is 35.4 Å². The van der Waals surface area contributed by atoms with Crippen LogP contribution in [0.5, 0.6) is 6.01 Å². The number of ether oxygens (including phenoxy) is 1. The Balaban J connectivity index is 1.63. The van der Waals surface area contributed by atoms with Gasteiger partial charge < -0.3 is 35.8 Å². The van der Waals surface area contributed by atoms with Crippen molar-refractivity contribution in [3.05, 3.63) is 58.0 Å². The van der Waals surface area contributed by atoms with Crippen LogP contribution in [0.15, 0.2) is 51.0 Å². The fourth-order valence-corrected chi connectivity index (χ4v) is 6.17. The number of nitrogens with zero attached hydrogens (tertiary/aromatic N) is 6. The summed E-state index contributed by atoms with van der Waals surface area (Å²) in [4.78, 5) is 34.3. The smallest absolute Gasteiger partial charge is 0.351 e. The molecule has 23 nitrogen and oxygen atoms in total. The first-order valence-corrected chi connectivity index (χ1v) is 19.3. The van der Waals surface area contributed by atoms with Crippen molar-refractivity contribution >= 4 is 77.7 Å². The maximum absolute atomic E-state index is 12.4. The van der Waals surface area contributed by atoms with Crippen molar-refractivity contribution in [2.24, 2.45) is 0 Å². The number of methoxy groups -OCH3 is 1. The van der Waals surface area contributed by atoms with E-state index in [4.69, 9.17) is 9.29 Å². The highest BCUT2D eigenvalue weighted by Crippen LogP contribution is 2.28. The maximum Gasteiger partial charge on any atom is 0.351 e. The molecule has 0 atom stereocenters. The van der Waals surface area contributed by atoms with Crippen molar-refractivity contribution in [2.75, 3.05) is 66.6 Å². The van der Waals surface area contributed by atoms with Gasteiger partial charge in [-0.15, -0.1) is 0 Å². The molecule has 2 heterocycles. The van der Waals surface area contributed by atoms with Crippen LogP contribution in [0.3, 0.4) is 0 Å². The number of H-pyrrole nitrogens is 1. The standard InChI is InChI=1S/C27H32N10O13S3/c1-50-27-34-22(28-8-13-51(41,42)43)31-23(35-27)29-18-6-4-16(20(14-18)52(44,45)46)2-3-17-5-7-19(15-21(17)53(47,48)49)30-24-32-25(36-26(40)33-24)37(9-11-38)10-12-39/h2-7,14-15,38-39H,8-13H2,1H3,(H,41,42,43)(H,44,45,46)(H,47,48,49)(H2,28,29,31,34,35)(H2,30,32,33,36,40). The number of nitrogens with one attached hydrogen (secondary N) is 4. The van der Waals surface area contributed by atoms with E-state index in [9.17, 15) is 49.4 Å². The predicted octanol–water partition coefficient (Wildman–Crippen LogP) is -0.400. The number of anilines is 6. The van der Waals surface area contributed by atoms with Crippen LogP contribution in [-0.4, -0.2) is 125 Å². The van der Waals surface area contributed by atoms with Crippen LogP contribution in [-0.2, 0) is 30.4 Å². The second-order valence-corrected chi connectivity index (χ2v) is 14.8. The summed E-state index contributed by atoms with van der Waals surface area (Å²) in [6, 6.07) is 6.97. The molecule has 0 unspecified atom stereocenters. The van der Waals surface area contributed by atoms with Gasteiger partial charge in [-0.25, -0.2) is 4.79 Å². The minimum Gasteiger partial charge on any atom is -0.467 e. The maximum atomic E-state index is 12.4. The van der Waals surface area contributed by atoms with Gasteiger partial charge in [0.25, 0.3) is 30.4 Å². The molecule has 0 fully saturated rings. The van der Waals surface area contributed by atoms with Gasteiger partial charge in [0.2, 0.25) is 23.8 Å². The Morgan fingerprint density at radius 3 is 1.83 bits per heavy atom. The third-order valence-corrected chi connectivity index (χ3v) is 9.18. The van der Waals surface area contributed by atoms with Crippen LogP contribution in [0, 0.1) is 0 Å². The number of aromatic amines is 1. The lowest BCUT2D eigenvalue weighted by Gasteiger charge is -2.20. The normalized spacial score (nSPS) is 12.1. The summed E-state index contributed by atoms with van der Waals surface area (Å²) in [6.07, 6.45) is 2.30. The lowest BCUT2D eigenvalue weighted by Crippen LogP contribution is -2.33. The van der Waals surface area contributed by atoms with Crippen molar-refractivity contribution in [3.8, 4) is 6.01 Å². The van der Waals surface area contributed by atoms with E-state index >= 15 is 0 Å². The Bertz CT molecular complexity index is 2370. The fraction of sp³-hybridized carbons (Fsp3) is 0.259. The van der Waals surface area contributed by atoms with Crippen LogP contribution < -0.4 is 31.3 Å². The number of aliphatic hydroxyl groups excluding tert-OH is 2. The van der Waals surface area contributed by atoms with Gasteiger partial charge in [-0.2, -0.15) is 50.2 Å². The van der Waals surface area contributed by atoms with Crippen LogP contribution in [0.4, 0.5) is 35.2 Å². The number of rotatable bonds is 18. The Kier molecular flexibility index (Phi) is 13.0. The number of benzene rings is 2. The summed E-state index contributed by atoms with van der Waals surface area (Å²) < 4.78 is 105. The second-order valence-electron chi connectivity index (χ2n) is 10.5. The van der Waals surface area contributed by atoms with Gasteiger partial charge in [0.05, 0.1) is 26.1 Å². The Morgan fingerprint density at radius 2 is 1.32 bits per heavy atom. The van der Waals surface area contributed by atoms with Gasteiger partial charge in [-0.1, -0.05) is 24.3 Å². The van der Waals surface area contributed by atoms with Crippen molar-refractivity contribution in [3.63, 3.8) is 0 Å². The molecular weight excluding hydrogens is 769 g/mol. The molecule has 0 aliphatic rings. The van der Waals surface area contributed by atoms with Crippen molar-refractivity contribution in [2.45, 2.75) is 9.79 Å². The summed E-state index contributed by atoms with van der Waals surface area (Å²) in [5.41, 5.74) is -1.05. The molecular formula is C27H32N10O13S3. The largest absolute Gasteiger partial charge is 0.467 e. The van der Waals surface area contributed by atoms with E-state index in [0.717, 1.165) is 24.3 Å². The van der Waals surface area contributed by atoms with Crippen molar-refractivity contribution in [1.82, 2.24) is 29.9 Å². The highest BCUT2D eigenvalue weighted by molar-refractivity contribution is 7.86. The van der Waals surface area contributed by atoms with E-state index in [0.29, 0.717) is 0 Å². The lowest BCUT2D eigenvalue weighted by atomic mass is 10.1. The van der Waals surface area contributed by atoms with Crippen LogP contribution in [0.25, 0.3) is 12.2 Å². The van der Waals surface area contributed by atoms with E-state index in [-0.39, 0.29) is 85.2 Å². The monoisotopic (exact) mass is 800 g/mol. The van der Waals surface area contributed by atoms with Gasteiger partial charge in [0, 0.05) is 31.0 Å². The Hall–Kier alpha value is -5.35. The zero-order chi connectivity index (χ0) is 39.0. The fourth-order valence-electron chi connectivity index (χ4n) is 4.39. The van der Waals surface area contributed by atoms with E-state index in [1.165, 1.54) is 36.3 Å². The number of hydrogen-bond acceptors (Lipinski definition) is 19. The van der Waals surface area contributed by atoms with E-state index < -0.39 is 51.6 Å². The van der Waals surface area contributed by atoms with Crippen LogP contribution in [0.1, 0.15) is 11.1 Å². The third kappa shape index (κ3) is 11.8. The summed E-state index contributed by atoms with van der Waals surface area (Å²) in [5, 5.41) is 26.5. The summed E-state index contributed by atoms with van der Waals surface area (Å²) in [5.74, 6) is -1.36. The lowest BCUT2D eigenvalue weighted by molar-refractivity contribution is 0.280. The van der Waals surface area contributed by atoms with E-state index in [2.05, 4.69) is 45.9 Å². The molecule has 0 saturated heterocycles. The Morgan fingerprint density at radius 1 is 0.774 bits per heavy atom. The van der Waals surface area contributed by atoms with E-state index in [1.807, 2.05) is 0 Å². The molecule has 4 aromatic rings. The average molecular weight is 801 g/mol. The topological polar surface area (TPSA) is 349 Å². The molecule has 53 heavy (non-hydrogen) atoms. The molecule has 0 aliphatic carbocycles. The summed E-state index contributed by atoms with van der Waals surface area (Å²) in [6.45, 7) is -0.962. The molecule has 0 radical (unpaired) electrons. The molecule has 286 valence electrons. The van der Waals surface area contributed by atoms with Gasteiger partial charge in [0.1, 0.15) is 9.79 Å². The summed E-state index contributed by atoms with van der Waals surface area (Å²) >= 11 is 0. The first-order chi connectivity index (χ1) is 24.9. The predicted molar refractivity (Wildman–Crippen MR) is 188 cm³/mol. The zero-order valence-corrected chi connectivity index (χ0v) is 29.7. The number of hydrogen-bond donors (Lipinski definition) is 9. The first kappa shape index (κ1) is 40.4. The van der Waals surface area contributed by atoms with Crippen LogP contribution in [0.2, 0.25) is 0 Å². The molecule has 0 bridgehead atoms. The van der Waals surface area contributed by atoms with Gasteiger partial charge in [-0.3, -0.25) is 18.6 Å². The molecule has 0 saturated carbocycles. The van der Waals surface area contributed by atoms with Crippen molar-refractivity contribution in [1.29, 1.82) is 0 Å². The Labute approximate surface area is 301 Å². The quantitative estimate of drug-likeness (QED) is 0.0456. The molecule has 0 amide bonds. The third-order valence-electron chi connectivity index (χ3n) is 6.65. The zero-order valence-electron chi connectivity index (χ0n) is 27.3. The molecule has 9 N–H and O–H groups in total. The molecule has 2 aromatic heterocycles. The minimum atomic E-state index is -4.91. The average Bonchev–Trinajstić information content (AvgIpc) is 3.06. The SMILES string of the molecule is COc1nc(NCCS(=O)(=O)O)nc(Nc2ccc(C=Cc3ccc(Nc4nc(N(CCO)CCO)nc(=O)[nH]4)cc3S(=O)(=O)O)c(S(=O)(=O)O)c2)n1. The number of aromatic nitrogens is 6. The first-order valence-electron chi connectivity index (χ1n) is 14.8. The minimum absolute atomic E-state index is 0.00706. The highest BCUT2D eigenvalue weighted by atomic mass is 32.2.